The molecule has 1 rings (SSSR count). The van der Waals surface area contributed by atoms with Gasteiger partial charge in [-0.25, -0.2) is 0 Å². The molecule has 0 spiro atoms. The number of hydrogen-bond acceptors (Lipinski definition) is 5. The van der Waals surface area contributed by atoms with Crippen LogP contribution in [-0.4, -0.2) is 30.7 Å². The summed E-state index contributed by atoms with van der Waals surface area (Å²) in [6.45, 7) is 1.75. The van der Waals surface area contributed by atoms with Crippen LogP contribution in [0.2, 0.25) is 0 Å². The highest BCUT2D eigenvalue weighted by Gasteiger charge is 2.00. The third-order valence-electron chi connectivity index (χ3n) is 1.40. The van der Waals surface area contributed by atoms with E-state index in [1.807, 2.05) is 0 Å². The fourth-order valence-electron chi connectivity index (χ4n) is 0.795. The average molecular weight is 184 g/mol. The van der Waals surface area contributed by atoms with Crippen LogP contribution >= 0.6 is 0 Å². The summed E-state index contributed by atoms with van der Waals surface area (Å²) in [6, 6.07) is 0. The van der Waals surface area contributed by atoms with Gasteiger partial charge in [-0.3, -0.25) is 0 Å². The Kier molecular flexibility index (Phi) is 3.60. The Morgan fingerprint density at radius 2 is 2.08 bits per heavy atom. The average Bonchev–Trinajstić information content (AvgIpc) is 2.53. The molecule has 0 aliphatic heterocycles. The second-order valence-corrected chi connectivity index (χ2v) is 2.38. The minimum absolute atomic E-state index is 0.382. The summed E-state index contributed by atoms with van der Waals surface area (Å²) in [5.74, 6) is 1.04. The zero-order valence-corrected chi connectivity index (χ0v) is 7.85. The first-order valence-electron chi connectivity index (χ1n) is 3.80. The Balaban J connectivity index is 2.57. The first-order chi connectivity index (χ1) is 6.26. The smallest absolute Gasteiger partial charge is 0.250 e. The zero-order valence-electron chi connectivity index (χ0n) is 7.85. The van der Waals surface area contributed by atoms with Gasteiger partial charge in [-0.05, 0) is 13.0 Å². The zero-order chi connectivity index (χ0) is 9.68. The number of aryl methyl sites for hydroxylation is 1. The summed E-state index contributed by atoms with van der Waals surface area (Å²) in [6.07, 6.45) is 2.96. The van der Waals surface area contributed by atoms with Gasteiger partial charge < -0.3 is 14.0 Å². The first-order valence-corrected chi connectivity index (χ1v) is 3.80. The molecule has 5 nitrogen and oxygen atoms in total. The van der Waals surface area contributed by atoms with Crippen molar-refractivity contribution in [2.45, 2.75) is 13.2 Å². The summed E-state index contributed by atoms with van der Waals surface area (Å²) in [7, 11) is 3.11. The summed E-state index contributed by atoms with van der Waals surface area (Å²) >= 11 is 0. The SMILES string of the molecule is COC(C=Cc1nc(C)no1)OC. The Labute approximate surface area is 76.3 Å². The number of methoxy groups -OCH3 is 2. The van der Waals surface area contributed by atoms with Gasteiger partial charge in [-0.15, -0.1) is 0 Å². The summed E-state index contributed by atoms with van der Waals surface area (Å²) in [5, 5.41) is 3.63. The highest BCUT2D eigenvalue weighted by Crippen LogP contribution is 2.01. The van der Waals surface area contributed by atoms with Gasteiger partial charge in [0.25, 0.3) is 0 Å². The molecule has 0 aromatic carbocycles. The minimum Gasteiger partial charge on any atom is -0.352 e. The van der Waals surface area contributed by atoms with E-state index in [0.29, 0.717) is 11.7 Å². The molecule has 1 aromatic rings. The van der Waals surface area contributed by atoms with Gasteiger partial charge in [0.2, 0.25) is 5.89 Å². The fraction of sp³-hybridized carbons (Fsp3) is 0.500. The van der Waals surface area contributed by atoms with Crippen molar-refractivity contribution in [1.82, 2.24) is 10.1 Å². The largest absolute Gasteiger partial charge is 0.352 e. The highest BCUT2D eigenvalue weighted by atomic mass is 16.7. The molecule has 0 bridgehead atoms. The Bertz CT molecular complexity index is 279. The van der Waals surface area contributed by atoms with E-state index < -0.39 is 0 Å². The van der Waals surface area contributed by atoms with Crippen molar-refractivity contribution in [1.29, 1.82) is 0 Å². The lowest BCUT2D eigenvalue weighted by atomic mass is 10.5. The van der Waals surface area contributed by atoms with Crippen LogP contribution in [0.4, 0.5) is 0 Å². The third-order valence-corrected chi connectivity index (χ3v) is 1.40. The van der Waals surface area contributed by atoms with Gasteiger partial charge in [0.1, 0.15) is 0 Å². The molecule has 0 fully saturated rings. The minimum atomic E-state index is -0.382. The van der Waals surface area contributed by atoms with E-state index in [0.717, 1.165) is 0 Å². The molecule has 0 amide bonds. The lowest BCUT2D eigenvalue weighted by Crippen LogP contribution is -2.08. The molecule has 13 heavy (non-hydrogen) atoms. The topological polar surface area (TPSA) is 57.4 Å². The lowest BCUT2D eigenvalue weighted by molar-refractivity contribution is -0.0661. The normalized spacial score (nSPS) is 11.7. The molecule has 0 N–H and O–H groups in total. The lowest BCUT2D eigenvalue weighted by Gasteiger charge is -2.05. The van der Waals surface area contributed by atoms with Crippen LogP contribution in [-0.2, 0) is 9.47 Å². The number of nitrogens with zero attached hydrogens (tertiary/aromatic N) is 2. The van der Waals surface area contributed by atoms with Crippen molar-refractivity contribution < 1.29 is 14.0 Å². The molecule has 0 aliphatic carbocycles. The predicted octanol–water partition coefficient (Wildman–Crippen LogP) is 1.01. The summed E-state index contributed by atoms with van der Waals surface area (Å²) in [5.41, 5.74) is 0. The van der Waals surface area contributed by atoms with E-state index in [-0.39, 0.29) is 6.29 Å². The van der Waals surface area contributed by atoms with Gasteiger partial charge in [0, 0.05) is 20.3 Å². The second-order valence-electron chi connectivity index (χ2n) is 2.38. The number of aromatic nitrogens is 2. The Morgan fingerprint density at radius 1 is 1.38 bits per heavy atom. The fourth-order valence-corrected chi connectivity index (χ4v) is 0.795. The van der Waals surface area contributed by atoms with Crippen molar-refractivity contribution in [3.63, 3.8) is 0 Å². The molecule has 1 heterocycles. The molecule has 72 valence electrons. The number of hydrogen-bond donors (Lipinski definition) is 0. The van der Waals surface area contributed by atoms with Crippen LogP contribution in [0.15, 0.2) is 10.6 Å². The molecule has 0 unspecified atom stereocenters. The molecular weight excluding hydrogens is 172 g/mol. The van der Waals surface area contributed by atoms with E-state index in [2.05, 4.69) is 10.1 Å². The molecule has 0 radical (unpaired) electrons. The standard InChI is InChI=1S/C8H12N2O3/c1-6-9-7(13-10-6)4-5-8(11-2)12-3/h4-5,8H,1-3H3. The Morgan fingerprint density at radius 3 is 2.54 bits per heavy atom. The van der Waals surface area contributed by atoms with Gasteiger partial charge in [-0.1, -0.05) is 5.16 Å². The van der Waals surface area contributed by atoms with E-state index in [1.54, 1.807) is 33.3 Å². The summed E-state index contributed by atoms with van der Waals surface area (Å²) in [4.78, 5) is 3.98. The molecule has 0 atom stereocenters. The predicted molar refractivity (Wildman–Crippen MR) is 45.9 cm³/mol. The third kappa shape index (κ3) is 2.96. The van der Waals surface area contributed by atoms with Crippen LogP contribution in [0.1, 0.15) is 11.7 Å². The van der Waals surface area contributed by atoms with Crippen LogP contribution in [0.3, 0.4) is 0 Å². The van der Waals surface area contributed by atoms with Crippen molar-refractivity contribution in [3.05, 3.63) is 17.8 Å². The molecule has 0 aliphatic rings. The van der Waals surface area contributed by atoms with Crippen molar-refractivity contribution >= 4 is 6.08 Å². The molecule has 1 aromatic heterocycles. The van der Waals surface area contributed by atoms with Gasteiger partial charge in [0.15, 0.2) is 12.1 Å². The molecule has 0 saturated heterocycles. The van der Waals surface area contributed by atoms with E-state index in [9.17, 15) is 0 Å². The number of rotatable bonds is 4. The maximum absolute atomic E-state index is 4.93. The molecular formula is C8H12N2O3. The highest BCUT2D eigenvalue weighted by molar-refractivity contribution is 5.37. The Hall–Kier alpha value is -1.20. The van der Waals surface area contributed by atoms with Crippen LogP contribution < -0.4 is 0 Å². The maximum Gasteiger partial charge on any atom is 0.250 e. The quantitative estimate of drug-likeness (QED) is 0.653. The maximum atomic E-state index is 4.93. The van der Waals surface area contributed by atoms with Crippen LogP contribution in [0, 0.1) is 6.92 Å². The van der Waals surface area contributed by atoms with Crippen LogP contribution in [0.5, 0.6) is 0 Å². The van der Waals surface area contributed by atoms with Crippen LogP contribution in [0.25, 0.3) is 6.08 Å². The van der Waals surface area contributed by atoms with Gasteiger partial charge in [0.05, 0.1) is 0 Å². The molecule has 0 saturated carbocycles. The number of ether oxygens (including phenoxy) is 2. The van der Waals surface area contributed by atoms with E-state index >= 15 is 0 Å². The van der Waals surface area contributed by atoms with Crippen molar-refractivity contribution in [2.75, 3.05) is 14.2 Å². The monoisotopic (exact) mass is 184 g/mol. The molecule has 5 heteroatoms. The first kappa shape index (κ1) is 9.88. The van der Waals surface area contributed by atoms with Gasteiger partial charge >= 0.3 is 0 Å². The van der Waals surface area contributed by atoms with E-state index in [4.69, 9.17) is 14.0 Å². The van der Waals surface area contributed by atoms with Crippen molar-refractivity contribution in [3.8, 4) is 0 Å². The van der Waals surface area contributed by atoms with Crippen molar-refractivity contribution in [2.24, 2.45) is 0 Å². The van der Waals surface area contributed by atoms with E-state index in [1.165, 1.54) is 0 Å². The second kappa shape index (κ2) is 4.74. The summed E-state index contributed by atoms with van der Waals surface area (Å²) < 4.78 is 14.7. The van der Waals surface area contributed by atoms with Gasteiger partial charge in [-0.2, -0.15) is 4.98 Å².